The summed E-state index contributed by atoms with van der Waals surface area (Å²) in [6.07, 6.45) is 0.990. The van der Waals surface area contributed by atoms with E-state index in [2.05, 4.69) is 5.32 Å². The van der Waals surface area contributed by atoms with Gasteiger partial charge >= 0.3 is 0 Å². The molecule has 1 heterocycles. The molecule has 1 N–H and O–H groups in total. The van der Waals surface area contributed by atoms with Crippen LogP contribution in [0.5, 0.6) is 0 Å². The molecule has 11 heavy (non-hydrogen) atoms. The lowest BCUT2D eigenvalue weighted by Gasteiger charge is -2.14. The van der Waals surface area contributed by atoms with Crippen LogP contribution in [0.2, 0.25) is 0 Å². The van der Waals surface area contributed by atoms with Crippen molar-refractivity contribution >= 4 is 0 Å². The number of hydrogen-bond donors (Lipinski definition) is 1. The molecule has 0 saturated carbocycles. The summed E-state index contributed by atoms with van der Waals surface area (Å²) >= 11 is 0. The summed E-state index contributed by atoms with van der Waals surface area (Å²) in [4.78, 5) is 11.5. The molecular weight excluding hydrogens is 146 g/mol. The van der Waals surface area contributed by atoms with E-state index in [1.54, 1.807) is 0 Å². The fourth-order valence-corrected chi connectivity index (χ4v) is 0.988. The van der Waals surface area contributed by atoms with Crippen molar-refractivity contribution in [3.05, 3.63) is 22.1 Å². The van der Waals surface area contributed by atoms with E-state index in [-0.39, 0.29) is 0 Å². The quantitative estimate of drug-likeness (QED) is 0.429. The molecule has 1 aliphatic rings. The van der Waals surface area contributed by atoms with Gasteiger partial charge in [-0.3, -0.25) is 10.1 Å². The highest BCUT2D eigenvalue weighted by molar-refractivity contribution is 5.01. The van der Waals surface area contributed by atoms with Gasteiger partial charge in [0.15, 0.2) is 5.82 Å². The van der Waals surface area contributed by atoms with Crippen molar-refractivity contribution in [3.63, 3.8) is 0 Å². The highest BCUT2D eigenvalue weighted by Gasteiger charge is 2.21. The van der Waals surface area contributed by atoms with Crippen LogP contribution < -0.4 is 5.32 Å². The Kier molecular flexibility index (Phi) is 1.98. The molecule has 0 aromatic rings. The average Bonchev–Trinajstić information content (AvgIpc) is 2.18. The number of likely N-dealkylation sites (N-methyl/N-ethyl adjacent to an activating group) is 1. The Hall–Kier alpha value is -1.26. The zero-order valence-corrected chi connectivity index (χ0v) is 6.57. The minimum Gasteiger partial charge on any atom is -0.365 e. The van der Waals surface area contributed by atoms with Crippen LogP contribution in [-0.4, -0.2) is 29.5 Å². The van der Waals surface area contributed by atoms with Crippen molar-refractivity contribution in [2.45, 2.75) is 13.0 Å². The Bertz CT molecular complexity index is 202. The van der Waals surface area contributed by atoms with Crippen molar-refractivity contribution in [1.82, 2.24) is 10.2 Å². The van der Waals surface area contributed by atoms with Crippen LogP contribution in [0.15, 0.2) is 12.0 Å². The van der Waals surface area contributed by atoms with Crippen LogP contribution in [0.4, 0.5) is 0 Å². The van der Waals surface area contributed by atoms with Crippen molar-refractivity contribution in [1.29, 1.82) is 0 Å². The second-order valence-electron chi connectivity index (χ2n) is 2.64. The molecule has 0 aromatic heterocycles. The second kappa shape index (κ2) is 2.77. The maximum Gasteiger partial charge on any atom is 0.274 e. The first-order chi connectivity index (χ1) is 5.11. The average molecular weight is 157 g/mol. The van der Waals surface area contributed by atoms with Crippen molar-refractivity contribution in [3.8, 4) is 0 Å². The fourth-order valence-electron chi connectivity index (χ4n) is 0.988. The zero-order chi connectivity index (χ0) is 8.43. The van der Waals surface area contributed by atoms with Crippen LogP contribution in [0.1, 0.15) is 6.92 Å². The predicted octanol–water partition coefficient (Wildman–Crippen LogP) is -0.0145. The third-order valence-corrected chi connectivity index (χ3v) is 1.85. The number of hydrogen-bond acceptors (Lipinski definition) is 4. The van der Waals surface area contributed by atoms with Gasteiger partial charge in [0.05, 0.1) is 4.92 Å². The first-order valence-corrected chi connectivity index (χ1v) is 3.43. The van der Waals surface area contributed by atoms with E-state index in [4.69, 9.17) is 0 Å². The smallest absolute Gasteiger partial charge is 0.274 e. The summed E-state index contributed by atoms with van der Waals surface area (Å²) in [6, 6.07) is 0.334. The maximum absolute atomic E-state index is 10.1. The molecule has 1 atom stereocenters. The Labute approximate surface area is 64.8 Å². The molecule has 0 amide bonds. The van der Waals surface area contributed by atoms with Crippen molar-refractivity contribution < 1.29 is 4.92 Å². The highest BCUT2D eigenvalue weighted by Crippen LogP contribution is 2.09. The molecule has 1 fully saturated rings. The molecule has 1 rings (SSSR count). The van der Waals surface area contributed by atoms with Gasteiger partial charge in [0.25, 0.3) is 6.20 Å². The summed E-state index contributed by atoms with van der Waals surface area (Å²) in [7, 11) is 1.83. The molecule has 0 bridgehead atoms. The van der Waals surface area contributed by atoms with E-state index in [0.29, 0.717) is 11.9 Å². The molecule has 0 aliphatic carbocycles. The predicted molar refractivity (Wildman–Crippen MR) is 40.3 cm³/mol. The lowest BCUT2D eigenvalue weighted by molar-refractivity contribution is -0.404. The summed E-state index contributed by atoms with van der Waals surface area (Å²) in [5, 5.41) is 13.0. The molecule has 5 heteroatoms. The van der Waals surface area contributed by atoms with Gasteiger partial charge in [-0.1, -0.05) is 0 Å². The van der Waals surface area contributed by atoms with E-state index in [0.717, 1.165) is 12.7 Å². The van der Waals surface area contributed by atoms with Crippen molar-refractivity contribution in [2.24, 2.45) is 0 Å². The van der Waals surface area contributed by atoms with E-state index in [1.165, 1.54) is 0 Å². The Balaban J connectivity index is 2.68. The van der Waals surface area contributed by atoms with E-state index < -0.39 is 4.92 Å². The van der Waals surface area contributed by atoms with Crippen molar-refractivity contribution in [2.75, 3.05) is 13.6 Å². The molecule has 0 aromatic carbocycles. The van der Waals surface area contributed by atoms with E-state index >= 15 is 0 Å². The molecular formula is C6H11N3O2. The van der Waals surface area contributed by atoms with Crippen LogP contribution in [0.3, 0.4) is 0 Å². The third-order valence-electron chi connectivity index (χ3n) is 1.85. The molecule has 1 saturated heterocycles. The van der Waals surface area contributed by atoms with Gasteiger partial charge in [-0.25, -0.2) is 0 Å². The number of nitrogens with one attached hydrogen (secondary N) is 1. The third kappa shape index (κ3) is 1.60. The van der Waals surface area contributed by atoms with Gasteiger partial charge in [0.1, 0.15) is 0 Å². The summed E-state index contributed by atoms with van der Waals surface area (Å²) in [6.45, 7) is 2.78. The first-order valence-electron chi connectivity index (χ1n) is 3.43. The molecule has 0 radical (unpaired) electrons. The van der Waals surface area contributed by atoms with Crippen LogP contribution in [0.25, 0.3) is 0 Å². The topological polar surface area (TPSA) is 58.4 Å². The van der Waals surface area contributed by atoms with Crippen LogP contribution >= 0.6 is 0 Å². The van der Waals surface area contributed by atoms with Gasteiger partial charge in [0.2, 0.25) is 0 Å². The highest BCUT2D eigenvalue weighted by atomic mass is 16.6. The van der Waals surface area contributed by atoms with Gasteiger partial charge < -0.3 is 10.2 Å². The van der Waals surface area contributed by atoms with Gasteiger partial charge in [-0.15, -0.1) is 0 Å². The molecule has 62 valence electrons. The Morgan fingerprint density at radius 3 is 2.91 bits per heavy atom. The standard InChI is InChI=1S/C6H11N3O2/c1-5-3-7-6(8(5)2)4-9(10)11/h4-5,7H,3H2,1-2H3. The summed E-state index contributed by atoms with van der Waals surface area (Å²) in [5.74, 6) is 0.586. The Morgan fingerprint density at radius 1 is 1.91 bits per heavy atom. The lowest BCUT2D eigenvalue weighted by Crippen LogP contribution is -2.22. The number of nitro groups is 1. The number of nitrogens with zero attached hydrogens (tertiary/aromatic N) is 2. The largest absolute Gasteiger partial charge is 0.365 e. The molecule has 1 unspecified atom stereocenters. The maximum atomic E-state index is 10.1. The molecule has 0 spiro atoms. The van der Waals surface area contributed by atoms with E-state index in [1.807, 2.05) is 18.9 Å². The Morgan fingerprint density at radius 2 is 2.55 bits per heavy atom. The monoisotopic (exact) mass is 157 g/mol. The SMILES string of the molecule is CC1CNC(=C[N+](=O)[O-])N1C. The zero-order valence-electron chi connectivity index (χ0n) is 6.57. The normalized spacial score (nSPS) is 27.3. The van der Waals surface area contributed by atoms with Gasteiger partial charge in [-0.2, -0.15) is 0 Å². The summed E-state index contributed by atoms with van der Waals surface area (Å²) in [5.41, 5.74) is 0. The van der Waals surface area contributed by atoms with Gasteiger partial charge in [0, 0.05) is 19.6 Å². The minimum atomic E-state index is -0.448. The first kappa shape index (κ1) is 7.84. The second-order valence-corrected chi connectivity index (χ2v) is 2.64. The van der Waals surface area contributed by atoms with Crippen LogP contribution in [0, 0.1) is 10.1 Å². The lowest BCUT2D eigenvalue weighted by atomic mass is 10.3. The fraction of sp³-hybridized carbons (Fsp3) is 0.667. The molecule has 5 nitrogen and oxygen atoms in total. The summed E-state index contributed by atoms with van der Waals surface area (Å²) < 4.78 is 0. The van der Waals surface area contributed by atoms with Gasteiger partial charge in [-0.05, 0) is 6.92 Å². The minimum absolute atomic E-state index is 0.334. The number of rotatable bonds is 1. The van der Waals surface area contributed by atoms with E-state index in [9.17, 15) is 10.1 Å². The van der Waals surface area contributed by atoms with Crippen LogP contribution in [-0.2, 0) is 0 Å². The molecule has 1 aliphatic heterocycles.